The van der Waals surface area contributed by atoms with E-state index in [1.807, 2.05) is 24.3 Å². The van der Waals surface area contributed by atoms with Gasteiger partial charge in [0.15, 0.2) is 0 Å². The molecule has 0 aliphatic carbocycles. The van der Waals surface area contributed by atoms with Crippen LogP contribution in [0.15, 0.2) is 59.4 Å². The summed E-state index contributed by atoms with van der Waals surface area (Å²) in [6.45, 7) is 0.131. The van der Waals surface area contributed by atoms with Gasteiger partial charge >= 0.3 is 0 Å². The molecule has 0 radical (unpaired) electrons. The van der Waals surface area contributed by atoms with Gasteiger partial charge in [0.1, 0.15) is 16.5 Å². The van der Waals surface area contributed by atoms with Crippen molar-refractivity contribution in [3.63, 3.8) is 0 Å². The Balaban J connectivity index is 1.53. The van der Waals surface area contributed by atoms with Gasteiger partial charge in [0.25, 0.3) is 11.5 Å². The molecule has 2 aromatic heterocycles. The average molecular weight is 422 g/mol. The van der Waals surface area contributed by atoms with Crippen LogP contribution in [0.2, 0.25) is 0 Å². The molecule has 0 aliphatic heterocycles. The van der Waals surface area contributed by atoms with E-state index in [4.69, 9.17) is 9.47 Å². The first-order valence-electron chi connectivity index (χ1n) is 9.04. The highest BCUT2D eigenvalue weighted by Crippen LogP contribution is 2.26. The first-order valence-corrected chi connectivity index (χ1v) is 9.85. The predicted molar refractivity (Wildman–Crippen MR) is 113 cm³/mol. The second-order valence-corrected chi connectivity index (χ2v) is 7.28. The second kappa shape index (κ2) is 8.34. The van der Waals surface area contributed by atoms with Crippen LogP contribution in [0.25, 0.3) is 15.5 Å². The third-order valence-electron chi connectivity index (χ3n) is 4.42. The van der Waals surface area contributed by atoms with E-state index >= 15 is 0 Å². The van der Waals surface area contributed by atoms with Gasteiger partial charge in [0.05, 0.1) is 26.5 Å². The number of hydrogen-bond donors (Lipinski definition) is 1. The van der Waals surface area contributed by atoms with Crippen LogP contribution in [0.1, 0.15) is 16.1 Å². The Bertz CT molecular complexity index is 1250. The van der Waals surface area contributed by atoms with Gasteiger partial charge in [-0.25, -0.2) is 4.98 Å². The third-order valence-corrected chi connectivity index (χ3v) is 5.37. The molecule has 4 aromatic rings. The van der Waals surface area contributed by atoms with E-state index in [0.717, 1.165) is 11.3 Å². The van der Waals surface area contributed by atoms with Gasteiger partial charge in [-0.2, -0.15) is 9.61 Å². The highest BCUT2D eigenvalue weighted by Gasteiger charge is 2.12. The molecule has 0 unspecified atom stereocenters. The lowest BCUT2D eigenvalue weighted by atomic mass is 10.2. The lowest BCUT2D eigenvalue weighted by Crippen LogP contribution is -2.25. The third kappa shape index (κ3) is 4.01. The van der Waals surface area contributed by atoms with Crippen molar-refractivity contribution in [2.24, 2.45) is 0 Å². The maximum absolute atomic E-state index is 12.5. The number of methoxy groups -OCH3 is 2. The summed E-state index contributed by atoms with van der Waals surface area (Å²) in [5.41, 5.74) is 1.52. The molecule has 0 saturated carbocycles. The summed E-state index contributed by atoms with van der Waals surface area (Å²) in [5.74, 6) is 1.15. The van der Waals surface area contributed by atoms with Crippen LogP contribution >= 0.6 is 11.3 Å². The van der Waals surface area contributed by atoms with Gasteiger partial charge in [0, 0.05) is 17.2 Å². The number of fused-ring (bicyclic) bond motifs is 1. The van der Waals surface area contributed by atoms with Crippen LogP contribution < -0.4 is 20.3 Å². The van der Waals surface area contributed by atoms with Crippen molar-refractivity contribution in [1.29, 1.82) is 0 Å². The number of hydrogen-bond acceptors (Lipinski definition) is 7. The lowest BCUT2D eigenvalue weighted by Gasteiger charge is -2.05. The zero-order valence-electron chi connectivity index (χ0n) is 16.3. The van der Waals surface area contributed by atoms with Crippen LogP contribution in [0, 0.1) is 0 Å². The number of rotatable bonds is 6. The molecule has 2 aromatic carbocycles. The maximum atomic E-state index is 12.5. The Labute approximate surface area is 175 Å². The average Bonchev–Trinajstić information content (AvgIpc) is 3.22. The molecule has 9 heteroatoms. The highest BCUT2D eigenvalue weighted by molar-refractivity contribution is 7.19. The van der Waals surface area contributed by atoms with Crippen molar-refractivity contribution < 1.29 is 14.3 Å². The minimum atomic E-state index is -0.301. The molecule has 30 heavy (non-hydrogen) atoms. The van der Waals surface area contributed by atoms with E-state index < -0.39 is 0 Å². The Kier molecular flexibility index (Phi) is 5.44. The molecule has 0 spiro atoms. The molecular formula is C21H18N4O4S. The molecule has 152 valence electrons. The molecule has 1 N–H and O–H groups in total. The van der Waals surface area contributed by atoms with Crippen molar-refractivity contribution >= 4 is 22.2 Å². The molecule has 2 heterocycles. The number of nitrogens with zero attached hydrogens (tertiary/aromatic N) is 3. The number of carbonyl (C=O) groups excluding carboxylic acids is 1. The Morgan fingerprint density at radius 3 is 2.30 bits per heavy atom. The molecule has 0 atom stereocenters. The normalized spacial score (nSPS) is 10.7. The first kappa shape index (κ1) is 19.6. The summed E-state index contributed by atoms with van der Waals surface area (Å²) >= 11 is 1.30. The van der Waals surface area contributed by atoms with Gasteiger partial charge < -0.3 is 14.8 Å². The fraction of sp³-hybridized carbons (Fsp3) is 0.143. The van der Waals surface area contributed by atoms with Crippen LogP contribution in [-0.2, 0) is 6.54 Å². The Hall–Kier alpha value is -3.72. The molecule has 0 saturated heterocycles. The molecular weight excluding hydrogens is 404 g/mol. The molecule has 4 rings (SSSR count). The first-order chi connectivity index (χ1) is 14.6. The standard InChI is InChI=1S/C21H18N4O4S/c1-28-16-7-3-13(4-8-16)19(27)22-12-15-11-18(26)25-21(23-15)30-20(24-25)14-5-9-17(29-2)10-6-14/h3-11H,12H2,1-2H3,(H,22,27). The van der Waals surface area contributed by atoms with E-state index in [-0.39, 0.29) is 18.0 Å². The van der Waals surface area contributed by atoms with Gasteiger partial charge in [-0.05, 0) is 48.5 Å². The minimum absolute atomic E-state index is 0.131. The largest absolute Gasteiger partial charge is 0.497 e. The van der Waals surface area contributed by atoms with Crippen molar-refractivity contribution in [3.8, 4) is 22.1 Å². The maximum Gasteiger partial charge on any atom is 0.275 e. The van der Waals surface area contributed by atoms with E-state index in [9.17, 15) is 9.59 Å². The lowest BCUT2D eigenvalue weighted by molar-refractivity contribution is 0.0950. The van der Waals surface area contributed by atoms with Crippen molar-refractivity contribution in [3.05, 3.63) is 76.2 Å². The number of carbonyl (C=O) groups is 1. The minimum Gasteiger partial charge on any atom is -0.497 e. The number of nitrogens with one attached hydrogen (secondary N) is 1. The van der Waals surface area contributed by atoms with Gasteiger partial charge in [-0.1, -0.05) is 11.3 Å². The van der Waals surface area contributed by atoms with Crippen LogP contribution in [0.5, 0.6) is 11.5 Å². The molecule has 1 amide bonds. The molecule has 0 fully saturated rings. The van der Waals surface area contributed by atoms with Gasteiger partial charge in [0.2, 0.25) is 4.96 Å². The quantitative estimate of drug-likeness (QED) is 0.513. The number of ether oxygens (including phenoxy) is 2. The number of aromatic nitrogens is 3. The van der Waals surface area contributed by atoms with Crippen LogP contribution in [0.4, 0.5) is 0 Å². The zero-order valence-corrected chi connectivity index (χ0v) is 17.1. The molecule has 0 bridgehead atoms. The van der Waals surface area contributed by atoms with Gasteiger partial charge in [-0.15, -0.1) is 0 Å². The highest BCUT2D eigenvalue weighted by atomic mass is 32.1. The zero-order chi connectivity index (χ0) is 21.1. The fourth-order valence-electron chi connectivity index (χ4n) is 2.81. The topological polar surface area (TPSA) is 94.8 Å². The van der Waals surface area contributed by atoms with E-state index in [2.05, 4.69) is 15.4 Å². The Morgan fingerprint density at radius 1 is 1.03 bits per heavy atom. The second-order valence-electron chi connectivity index (χ2n) is 6.33. The van der Waals surface area contributed by atoms with E-state index in [0.29, 0.717) is 27.0 Å². The molecule has 0 aliphatic rings. The van der Waals surface area contributed by atoms with Crippen molar-refractivity contribution in [2.45, 2.75) is 6.54 Å². The summed E-state index contributed by atoms with van der Waals surface area (Å²) < 4.78 is 11.5. The SMILES string of the molecule is COc1ccc(C(=O)NCc2cc(=O)n3nc(-c4ccc(OC)cc4)sc3n2)cc1. The van der Waals surface area contributed by atoms with E-state index in [1.165, 1.54) is 21.9 Å². The van der Waals surface area contributed by atoms with Gasteiger partial charge in [-0.3, -0.25) is 9.59 Å². The number of amides is 1. The van der Waals surface area contributed by atoms with E-state index in [1.54, 1.807) is 38.5 Å². The summed E-state index contributed by atoms with van der Waals surface area (Å²) in [6.07, 6.45) is 0. The molecule has 8 nitrogen and oxygen atoms in total. The van der Waals surface area contributed by atoms with Crippen LogP contribution in [0.3, 0.4) is 0 Å². The number of benzene rings is 2. The monoisotopic (exact) mass is 422 g/mol. The van der Waals surface area contributed by atoms with Crippen molar-refractivity contribution in [1.82, 2.24) is 19.9 Å². The van der Waals surface area contributed by atoms with Crippen LogP contribution in [-0.4, -0.2) is 34.7 Å². The summed E-state index contributed by atoms with van der Waals surface area (Å²) in [7, 11) is 3.17. The Morgan fingerprint density at radius 2 is 1.67 bits per heavy atom. The summed E-state index contributed by atoms with van der Waals surface area (Å²) in [5, 5.41) is 7.80. The summed E-state index contributed by atoms with van der Waals surface area (Å²) in [4.78, 5) is 29.7. The predicted octanol–water partition coefficient (Wildman–Crippen LogP) is 2.77. The summed E-state index contributed by atoms with van der Waals surface area (Å²) in [6, 6.07) is 15.5. The fourth-order valence-corrected chi connectivity index (χ4v) is 3.74. The van der Waals surface area contributed by atoms with Crippen molar-refractivity contribution in [2.75, 3.05) is 14.2 Å². The smallest absolute Gasteiger partial charge is 0.275 e.